The second-order valence-electron chi connectivity index (χ2n) is 6.66. The lowest BCUT2D eigenvalue weighted by Gasteiger charge is -2.37. The van der Waals surface area contributed by atoms with Crippen molar-refractivity contribution >= 4 is 29.3 Å². The van der Waals surface area contributed by atoms with Crippen molar-refractivity contribution in [1.82, 2.24) is 14.8 Å². The summed E-state index contributed by atoms with van der Waals surface area (Å²) in [5, 5.41) is 3.18. The number of amides is 1. The van der Waals surface area contributed by atoms with Crippen molar-refractivity contribution in [2.75, 3.05) is 38.0 Å². The summed E-state index contributed by atoms with van der Waals surface area (Å²) in [5.74, 6) is -0.0534. The van der Waals surface area contributed by atoms with E-state index in [-0.39, 0.29) is 11.9 Å². The molecule has 6 heteroatoms. The molecular weight excluding hydrogens is 360 g/mol. The van der Waals surface area contributed by atoms with E-state index in [2.05, 4.69) is 44.4 Å². The third kappa shape index (κ3) is 5.63. The van der Waals surface area contributed by atoms with Gasteiger partial charge in [0.15, 0.2) is 5.15 Å². The normalized spacial score (nSPS) is 17.1. The quantitative estimate of drug-likeness (QED) is 0.775. The van der Waals surface area contributed by atoms with E-state index >= 15 is 0 Å². The van der Waals surface area contributed by atoms with Crippen LogP contribution in [0.2, 0.25) is 5.15 Å². The average molecular weight is 385 g/mol. The van der Waals surface area contributed by atoms with Crippen LogP contribution in [0.4, 0.5) is 5.69 Å². The molecule has 0 spiro atoms. The molecule has 142 valence electrons. The molecule has 27 heavy (non-hydrogen) atoms. The number of hydrogen-bond donors (Lipinski definition) is 1. The first-order valence-corrected chi connectivity index (χ1v) is 9.60. The molecule has 0 saturated carbocycles. The first kappa shape index (κ1) is 19.5. The van der Waals surface area contributed by atoms with Gasteiger partial charge in [0, 0.05) is 38.9 Å². The van der Waals surface area contributed by atoms with Gasteiger partial charge >= 0.3 is 0 Å². The van der Waals surface area contributed by atoms with Crippen LogP contribution in [0.25, 0.3) is 6.08 Å². The van der Waals surface area contributed by atoms with Crippen molar-refractivity contribution in [2.45, 2.75) is 13.0 Å². The lowest BCUT2D eigenvalue weighted by atomic mass is 10.2. The Hall–Kier alpha value is -2.21. The number of aromatic nitrogens is 1. The monoisotopic (exact) mass is 384 g/mol. The van der Waals surface area contributed by atoms with Gasteiger partial charge in [0.2, 0.25) is 5.91 Å². The van der Waals surface area contributed by atoms with Gasteiger partial charge in [-0.05, 0) is 24.6 Å². The fourth-order valence-electron chi connectivity index (χ4n) is 3.12. The van der Waals surface area contributed by atoms with E-state index in [4.69, 9.17) is 11.6 Å². The van der Waals surface area contributed by atoms with Gasteiger partial charge in [0.05, 0.1) is 11.7 Å². The Kier molecular flexibility index (Phi) is 6.98. The highest BCUT2D eigenvalue weighted by molar-refractivity contribution is 6.32. The molecule has 1 aliphatic heterocycles. The number of piperazine rings is 1. The largest absolute Gasteiger partial charge is 0.322 e. The molecule has 0 unspecified atom stereocenters. The second kappa shape index (κ2) is 9.65. The molecular formula is C21H25ClN4O. The molecule has 1 atom stereocenters. The van der Waals surface area contributed by atoms with Crippen LogP contribution in [-0.2, 0) is 4.79 Å². The molecule has 2 aromatic rings. The summed E-state index contributed by atoms with van der Waals surface area (Å²) in [5.41, 5.74) is 1.77. The van der Waals surface area contributed by atoms with Crippen molar-refractivity contribution < 1.29 is 4.79 Å². The molecule has 1 aromatic heterocycles. The Morgan fingerprint density at radius 2 is 1.93 bits per heavy atom. The first-order valence-electron chi connectivity index (χ1n) is 9.23. The number of pyridine rings is 1. The summed E-state index contributed by atoms with van der Waals surface area (Å²) >= 11 is 6.02. The SMILES string of the molecule is C[C@@H](C(=O)Nc1cccnc1Cl)N1CCN(C/C=C/c2ccccc2)CC1. The lowest BCUT2D eigenvalue weighted by Crippen LogP contribution is -2.52. The number of nitrogens with zero attached hydrogens (tertiary/aromatic N) is 3. The van der Waals surface area contributed by atoms with Gasteiger partial charge in [0.1, 0.15) is 0 Å². The Balaban J connectivity index is 1.45. The van der Waals surface area contributed by atoms with Gasteiger partial charge < -0.3 is 5.32 Å². The minimum absolute atomic E-state index is 0.0534. The highest BCUT2D eigenvalue weighted by Crippen LogP contribution is 2.18. The van der Waals surface area contributed by atoms with Crippen LogP contribution in [-0.4, -0.2) is 59.5 Å². The third-order valence-corrected chi connectivity index (χ3v) is 5.13. The molecule has 1 aliphatic rings. The smallest absolute Gasteiger partial charge is 0.241 e. The zero-order chi connectivity index (χ0) is 19.1. The summed E-state index contributed by atoms with van der Waals surface area (Å²) in [4.78, 5) is 21.1. The van der Waals surface area contributed by atoms with Gasteiger partial charge in [-0.1, -0.05) is 54.1 Å². The third-order valence-electron chi connectivity index (χ3n) is 4.82. The molecule has 2 heterocycles. The average Bonchev–Trinajstić information content (AvgIpc) is 2.70. The molecule has 1 fully saturated rings. The van der Waals surface area contributed by atoms with Crippen molar-refractivity contribution in [2.24, 2.45) is 0 Å². The lowest BCUT2D eigenvalue weighted by molar-refractivity contribution is -0.121. The van der Waals surface area contributed by atoms with E-state index in [1.165, 1.54) is 5.56 Å². The van der Waals surface area contributed by atoms with Crippen molar-refractivity contribution in [3.05, 3.63) is 65.5 Å². The van der Waals surface area contributed by atoms with Crippen LogP contribution in [0.1, 0.15) is 12.5 Å². The molecule has 1 amide bonds. The molecule has 0 bridgehead atoms. The van der Waals surface area contributed by atoms with Crippen LogP contribution in [0.5, 0.6) is 0 Å². The molecule has 5 nitrogen and oxygen atoms in total. The standard InChI is InChI=1S/C21H25ClN4O/c1-17(21(27)24-19-10-5-11-23-20(19)22)26-15-13-25(14-16-26)12-6-9-18-7-3-2-4-8-18/h2-11,17H,12-16H2,1H3,(H,24,27)/b9-6+/t17-/m0/s1. The first-order chi connectivity index (χ1) is 13.1. The van der Waals surface area contributed by atoms with E-state index < -0.39 is 0 Å². The zero-order valence-corrected chi connectivity index (χ0v) is 16.3. The number of benzene rings is 1. The summed E-state index contributed by atoms with van der Waals surface area (Å²) in [6, 6.07) is 13.6. The molecule has 1 saturated heterocycles. The summed E-state index contributed by atoms with van der Waals surface area (Å²) < 4.78 is 0. The van der Waals surface area contributed by atoms with Gasteiger partial charge in [0.25, 0.3) is 0 Å². The Bertz CT molecular complexity index is 773. The van der Waals surface area contributed by atoms with E-state index in [1.807, 2.05) is 25.1 Å². The maximum Gasteiger partial charge on any atom is 0.241 e. The Labute approximate surface area is 165 Å². The van der Waals surface area contributed by atoms with Crippen molar-refractivity contribution in [1.29, 1.82) is 0 Å². The number of hydrogen-bond acceptors (Lipinski definition) is 4. The highest BCUT2D eigenvalue weighted by atomic mass is 35.5. The van der Waals surface area contributed by atoms with E-state index in [1.54, 1.807) is 18.3 Å². The fraction of sp³-hybridized carbons (Fsp3) is 0.333. The van der Waals surface area contributed by atoms with Crippen LogP contribution in [0, 0.1) is 0 Å². The van der Waals surface area contributed by atoms with Gasteiger partial charge in [-0.25, -0.2) is 4.98 Å². The van der Waals surface area contributed by atoms with Crippen LogP contribution < -0.4 is 5.32 Å². The van der Waals surface area contributed by atoms with Crippen LogP contribution in [0.3, 0.4) is 0 Å². The fourth-order valence-corrected chi connectivity index (χ4v) is 3.28. The van der Waals surface area contributed by atoms with Crippen molar-refractivity contribution in [3.63, 3.8) is 0 Å². The summed E-state index contributed by atoms with van der Waals surface area (Å²) in [6.45, 7) is 6.50. The van der Waals surface area contributed by atoms with Crippen LogP contribution in [0.15, 0.2) is 54.7 Å². The molecule has 1 N–H and O–H groups in total. The minimum Gasteiger partial charge on any atom is -0.322 e. The zero-order valence-electron chi connectivity index (χ0n) is 15.5. The number of halogens is 1. The number of nitrogens with one attached hydrogen (secondary N) is 1. The molecule has 1 aromatic carbocycles. The van der Waals surface area contributed by atoms with E-state index in [0.29, 0.717) is 10.8 Å². The number of anilines is 1. The number of rotatable bonds is 6. The Morgan fingerprint density at radius 1 is 1.19 bits per heavy atom. The second-order valence-corrected chi connectivity index (χ2v) is 7.01. The summed E-state index contributed by atoms with van der Waals surface area (Å²) in [6.07, 6.45) is 5.96. The number of carbonyl (C=O) groups is 1. The van der Waals surface area contributed by atoms with Gasteiger partial charge in [-0.2, -0.15) is 0 Å². The highest BCUT2D eigenvalue weighted by Gasteiger charge is 2.25. The predicted octanol–water partition coefficient (Wildman–Crippen LogP) is 3.39. The van der Waals surface area contributed by atoms with Gasteiger partial charge in [-0.15, -0.1) is 0 Å². The van der Waals surface area contributed by atoms with E-state index in [9.17, 15) is 4.79 Å². The van der Waals surface area contributed by atoms with Crippen LogP contribution >= 0.6 is 11.6 Å². The maximum atomic E-state index is 12.5. The van der Waals surface area contributed by atoms with Crippen molar-refractivity contribution in [3.8, 4) is 0 Å². The topological polar surface area (TPSA) is 48.5 Å². The number of carbonyl (C=O) groups excluding carboxylic acids is 1. The van der Waals surface area contributed by atoms with Gasteiger partial charge in [-0.3, -0.25) is 14.6 Å². The minimum atomic E-state index is -0.205. The van der Waals surface area contributed by atoms with E-state index in [0.717, 1.165) is 32.7 Å². The Morgan fingerprint density at radius 3 is 2.63 bits per heavy atom. The molecule has 0 aliphatic carbocycles. The predicted molar refractivity (Wildman–Crippen MR) is 111 cm³/mol. The summed E-state index contributed by atoms with van der Waals surface area (Å²) in [7, 11) is 0. The molecule has 3 rings (SSSR count). The molecule has 0 radical (unpaired) electrons. The maximum absolute atomic E-state index is 12.5.